The predicted molar refractivity (Wildman–Crippen MR) is 108 cm³/mol. The number of rotatable bonds is 5. The molecule has 0 bridgehead atoms. The molecular formula is C23H27FN2O3. The zero-order valence-electron chi connectivity index (χ0n) is 16.6. The molecule has 2 aliphatic rings. The molecule has 5 nitrogen and oxygen atoms in total. The Labute approximate surface area is 170 Å². The van der Waals surface area contributed by atoms with Gasteiger partial charge in [-0.15, -0.1) is 0 Å². The molecule has 154 valence electrons. The molecule has 0 aromatic heterocycles. The van der Waals surface area contributed by atoms with Crippen molar-refractivity contribution >= 4 is 5.91 Å². The Bertz CT molecular complexity index is 873. The Balaban J connectivity index is 1.62. The fraction of sp³-hybridized carbons (Fsp3) is 0.435. The molecule has 1 saturated heterocycles. The molecule has 2 aromatic rings. The lowest BCUT2D eigenvalue weighted by atomic mass is 9.87. The topological polar surface area (TPSA) is 61.8 Å². The summed E-state index contributed by atoms with van der Waals surface area (Å²) in [6.07, 6.45) is 0.355. The number of nitrogens with one attached hydrogen (secondary N) is 1. The van der Waals surface area contributed by atoms with Crippen LogP contribution in [0.15, 0.2) is 48.5 Å². The molecule has 2 aliphatic heterocycles. The summed E-state index contributed by atoms with van der Waals surface area (Å²) in [7, 11) is 0. The van der Waals surface area contributed by atoms with Crippen LogP contribution in [0, 0.1) is 5.82 Å². The smallest absolute Gasteiger partial charge is 0.252 e. The van der Waals surface area contributed by atoms with E-state index in [1.54, 1.807) is 12.1 Å². The van der Waals surface area contributed by atoms with Crippen molar-refractivity contribution in [3.63, 3.8) is 0 Å². The third-order valence-electron chi connectivity index (χ3n) is 5.85. The van der Waals surface area contributed by atoms with Crippen LogP contribution in [0.2, 0.25) is 0 Å². The monoisotopic (exact) mass is 398 g/mol. The van der Waals surface area contributed by atoms with Gasteiger partial charge in [0.05, 0.1) is 12.6 Å². The normalized spacial score (nSPS) is 26.4. The third-order valence-corrected chi connectivity index (χ3v) is 5.85. The second-order valence-corrected chi connectivity index (χ2v) is 7.94. The molecule has 3 atom stereocenters. The molecule has 2 N–H and O–H groups in total. The molecule has 0 spiro atoms. The molecule has 6 heteroatoms. The first kappa shape index (κ1) is 20.0. The van der Waals surface area contributed by atoms with E-state index in [1.807, 2.05) is 30.0 Å². The lowest BCUT2D eigenvalue weighted by Gasteiger charge is -2.39. The number of likely N-dealkylation sites (N-methyl/N-ethyl adjacent to an activating group) is 1. The molecule has 29 heavy (non-hydrogen) atoms. The second-order valence-electron chi connectivity index (χ2n) is 7.94. The number of aliphatic hydroxyl groups is 1. The van der Waals surface area contributed by atoms with Crippen molar-refractivity contribution in [1.29, 1.82) is 0 Å². The number of amides is 1. The molecule has 4 rings (SSSR count). The zero-order valence-corrected chi connectivity index (χ0v) is 16.6. The molecule has 0 saturated carbocycles. The number of ether oxygens (including phenoxy) is 1. The van der Waals surface area contributed by atoms with E-state index in [4.69, 9.17) is 4.74 Å². The molecule has 2 heterocycles. The summed E-state index contributed by atoms with van der Waals surface area (Å²) >= 11 is 0. The molecule has 1 fully saturated rings. The van der Waals surface area contributed by atoms with Gasteiger partial charge in [0.1, 0.15) is 17.5 Å². The summed E-state index contributed by atoms with van der Waals surface area (Å²) < 4.78 is 19.2. The van der Waals surface area contributed by atoms with E-state index < -0.39 is 11.7 Å². The summed E-state index contributed by atoms with van der Waals surface area (Å²) in [6.45, 7) is 3.82. The summed E-state index contributed by atoms with van der Waals surface area (Å²) in [5.41, 5.74) is 2.09. The summed E-state index contributed by atoms with van der Waals surface area (Å²) in [5, 5.41) is 13.8. The predicted octanol–water partition coefficient (Wildman–Crippen LogP) is 2.43. The number of hydrogen-bond acceptors (Lipinski definition) is 4. The van der Waals surface area contributed by atoms with Crippen molar-refractivity contribution in [2.45, 2.75) is 37.5 Å². The van der Waals surface area contributed by atoms with Crippen LogP contribution in [-0.2, 0) is 16.0 Å². The van der Waals surface area contributed by atoms with Gasteiger partial charge in [-0.1, -0.05) is 43.3 Å². The van der Waals surface area contributed by atoms with Crippen molar-refractivity contribution in [3.05, 3.63) is 71.0 Å². The first-order valence-corrected chi connectivity index (χ1v) is 10.2. The Hall–Kier alpha value is -2.28. The van der Waals surface area contributed by atoms with Crippen molar-refractivity contribution in [2.24, 2.45) is 0 Å². The fourth-order valence-electron chi connectivity index (χ4n) is 4.35. The van der Waals surface area contributed by atoms with Crippen LogP contribution in [0.3, 0.4) is 0 Å². The van der Waals surface area contributed by atoms with Crippen molar-refractivity contribution < 1.29 is 19.0 Å². The van der Waals surface area contributed by atoms with Gasteiger partial charge < -0.3 is 20.1 Å². The zero-order chi connectivity index (χ0) is 20.4. The highest BCUT2D eigenvalue weighted by Crippen LogP contribution is 2.37. The van der Waals surface area contributed by atoms with E-state index in [2.05, 4.69) is 11.4 Å². The highest BCUT2D eigenvalue weighted by molar-refractivity contribution is 5.82. The molecule has 1 amide bonds. The lowest BCUT2D eigenvalue weighted by molar-refractivity contribution is -0.143. The lowest BCUT2D eigenvalue weighted by Crippen LogP contribution is -2.46. The number of carbonyl (C=O) groups excluding carboxylic acids is 1. The molecular weight excluding hydrogens is 371 g/mol. The Morgan fingerprint density at radius 1 is 1.28 bits per heavy atom. The molecule has 0 radical (unpaired) electrons. The maximum absolute atomic E-state index is 13.5. The van der Waals surface area contributed by atoms with E-state index in [0.717, 1.165) is 24.1 Å². The SMILES string of the molecule is CCNC[C@@]1(O)CO[C@H](C(=O)N2CCc3ccccc3[C@@H]2c2ccc(F)cc2)C1. The number of carbonyl (C=O) groups is 1. The van der Waals surface area contributed by atoms with E-state index in [9.17, 15) is 14.3 Å². The minimum Gasteiger partial charge on any atom is -0.386 e. The maximum Gasteiger partial charge on any atom is 0.252 e. The van der Waals surface area contributed by atoms with E-state index in [1.165, 1.54) is 17.7 Å². The second kappa shape index (κ2) is 8.22. The van der Waals surface area contributed by atoms with Gasteiger partial charge in [0.2, 0.25) is 0 Å². The standard InChI is InChI=1S/C23H27FN2O3/c1-2-25-14-23(28)13-20(29-15-23)22(27)26-12-11-16-5-3-4-6-19(16)21(26)17-7-9-18(24)10-8-17/h3-10,20-21,25,28H,2,11-15H2,1H3/t20-,21-,23+/m0/s1. The summed E-state index contributed by atoms with van der Waals surface area (Å²) in [6, 6.07) is 14.1. The first-order chi connectivity index (χ1) is 14.0. The minimum absolute atomic E-state index is 0.124. The Morgan fingerprint density at radius 3 is 2.79 bits per heavy atom. The average molecular weight is 398 g/mol. The maximum atomic E-state index is 13.5. The van der Waals surface area contributed by atoms with E-state index in [-0.39, 0.29) is 30.8 Å². The van der Waals surface area contributed by atoms with Gasteiger partial charge in [-0.3, -0.25) is 4.79 Å². The van der Waals surface area contributed by atoms with Gasteiger partial charge in [-0.05, 0) is 41.8 Å². The summed E-state index contributed by atoms with van der Waals surface area (Å²) in [5.74, 6) is -0.426. The van der Waals surface area contributed by atoms with Crippen LogP contribution in [0.5, 0.6) is 0 Å². The number of fused-ring (bicyclic) bond motifs is 1. The fourth-order valence-corrected chi connectivity index (χ4v) is 4.35. The number of halogens is 1. The van der Waals surface area contributed by atoms with Crippen LogP contribution >= 0.6 is 0 Å². The molecule has 0 unspecified atom stereocenters. The van der Waals surface area contributed by atoms with Crippen molar-refractivity contribution in [2.75, 3.05) is 26.2 Å². The van der Waals surface area contributed by atoms with Crippen LogP contribution in [0.25, 0.3) is 0 Å². The Morgan fingerprint density at radius 2 is 2.03 bits per heavy atom. The van der Waals surface area contributed by atoms with Gasteiger partial charge in [-0.25, -0.2) is 4.39 Å². The van der Waals surface area contributed by atoms with Crippen LogP contribution in [0.4, 0.5) is 4.39 Å². The molecule has 0 aliphatic carbocycles. The van der Waals surface area contributed by atoms with Crippen molar-refractivity contribution in [1.82, 2.24) is 10.2 Å². The van der Waals surface area contributed by atoms with Gasteiger partial charge in [0.25, 0.3) is 5.91 Å². The molecule has 2 aromatic carbocycles. The van der Waals surface area contributed by atoms with Gasteiger partial charge in [0, 0.05) is 19.5 Å². The van der Waals surface area contributed by atoms with Crippen LogP contribution in [-0.4, -0.2) is 53.9 Å². The van der Waals surface area contributed by atoms with E-state index in [0.29, 0.717) is 13.1 Å². The number of benzene rings is 2. The van der Waals surface area contributed by atoms with Gasteiger partial charge in [-0.2, -0.15) is 0 Å². The van der Waals surface area contributed by atoms with Crippen LogP contribution in [0.1, 0.15) is 36.1 Å². The van der Waals surface area contributed by atoms with Crippen LogP contribution < -0.4 is 5.32 Å². The number of nitrogens with zero attached hydrogens (tertiary/aromatic N) is 1. The average Bonchev–Trinajstić information content (AvgIpc) is 3.14. The van der Waals surface area contributed by atoms with Gasteiger partial charge >= 0.3 is 0 Å². The minimum atomic E-state index is -1.03. The van der Waals surface area contributed by atoms with Gasteiger partial charge in [0.15, 0.2) is 0 Å². The van der Waals surface area contributed by atoms with E-state index >= 15 is 0 Å². The first-order valence-electron chi connectivity index (χ1n) is 10.2. The highest BCUT2D eigenvalue weighted by Gasteiger charge is 2.44. The Kier molecular flexibility index (Phi) is 5.67. The van der Waals surface area contributed by atoms with Crippen molar-refractivity contribution in [3.8, 4) is 0 Å². The highest BCUT2D eigenvalue weighted by atomic mass is 19.1. The number of hydrogen-bond donors (Lipinski definition) is 2. The largest absolute Gasteiger partial charge is 0.386 e. The summed E-state index contributed by atoms with van der Waals surface area (Å²) in [4.78, 5) is 15.2. The quantitative estimate of drug-likeness (QED) is 0.812. The third kappa shape index (κ3) is 4.06.